The lowest BCUT2D eigenvalue weighted by molar-refractivity contribution is -0.122. The minimum Gasteiger partial charge on any atom is -0.368 e. The van der Waals surface area contributed by atoms with Crippen LogP contribution in [0.1, 0.15) is 47.3 Å². The highest BCUT2D eigenvalue weighted by Crippen LogP contribution is 2.29. The Morgan fingerprint density at radius 3 is 2.47 bits per heavy atom. The Labute approximate surface area is 218 Å². The number of carbonyl (C=O) groups excluding carboxylic acids is 2. The van der Waals surface area contributed by atoms with Gasteiger partial charge in [-0.25, -0.2) is 4.98 Å². The average Bonchev–Trinajstić information content (AvgIpc) is 3.23. The number of hydrogen-bond donors (Lipinski definition) is 1. The topological polar surface area (TPSA) is 87.5 Å². The van der Waals surface area contributed by atoms with Gasteiger partial charge in [0.15, 0.2) is 0 Å². The smallest absolute Gasteiger partial charge is 0.264 e. The molecular formula is C26H30ClN5O3S. The quantitative estimate of drug-likeness (QED) is 0.545. The van der Waals surface area contributed by atoms with Gasteiger partial charge >= 0.3 is 0 Å². The Morgan fingerprint density at radius 2 is 1.78 bits per heavy atom. The second-order valence-electron chi connectivity index (χ2n) is 9.57. The molecule has 2 fully saturated rings. The van der Waals surface area contributed by atoms with Crippen molar-refractivity contribution in [3.8, 4) is 0 Å². The monoisotopic (exact) mass is 527 g/mol. The van der Waals surface area contributed by atoms with E-state index in [0.717, 1.165) is 44.5 Å². The average molecular weight is 528 g/mol. The van der Waals surface area contributed by atoms with Crippen LogP contribution in [0.4, 0.5) is 5.69 Å². The van der Waals surface area contributed by atoms with E-state index in [1.807, 2.05) is 29.2 Å². The third-order valence-corrected chi connectivity index (χ3v) is 8.59. The molecule has 1 aliphatic carbocycles. The molecule has 190 valence electrons. The molecule has 36 heavy (non-hydrogen) atoms. The molecule has 0 spiro atoms. The maximum atomic E-state index is 13.4. The van der Waals surface area contributed by atoms with Crippen molar-refractivity contribution in [2.75, 3.05) is 31.1 Å². The van der Waals surface area contributed by atoms with E-state index in [2.05, 4.69) is 15.2 Å². The zero-order valence-corrected chi connectivity index (χ0v) is 21.9. The van der Waals surface area contributed by atoms with Gasteiger partial charge in [0.05, 0.1) is 16.6 Å². The molecule has 0 bridgehead atoms. The second-order valence-corrected chi connectivity index (χ2v) is 11.0. The summed E-state index contributed by atoms with van der Waals surface area (Å²) in [5.74, 6) is -0.250. The van der Waals surface area contributed by atoms with Gasteiger partial charge < -0.3 is 15.1 Å². The van der Waals surface area contributed by atoms with Crippen molar-refractivity contribution in [1.29, 1.82) is 0 Å². The number of nitrogens with one attached hydrogen (secondary N) is 1. The summed E-state index contributed by atoms with van der Waals surface area (Å²) in [6, 6.07) is 7.90. The predicted octanol–water partition coefficient (Wildman–Crippen LogP) is 3.83. The first-order valence-corrected chi connectivity index (χ1v) is 13.7. The van der Waals surface area contributed by atoms with Crippen LogP contribution in [-0.4, -0.2) is 58.5 Å². The number of aromatic nitrogens is 2. The zero-order valence-electron chi connectivity index (χ0n) is 20.3. The van der Waals surface area contributed by atoms with Crippen molar-refractivity contribution >= 4 is 50.7 Å². The number of aryl methyl sites for hydroxylation is 1. The molecule has 1 aromatic carbocycles. The van der Waals surface area contributed by atoms with E-state index < -0.39 is 0 Å². The Hall–Kier alpha value is -2.91. The Balaban J connectivity index is 1.28. The molecule has 1 saturated heterocycles. The summed E-state index contributed by atoms with van der Waals surface area (Å²) in [5, 5.41) is 4.17. The molecule has 2 amide bonds. The first kappa shape index (κ1) is 24.8. The van der Waals surface area contributed by atoms with Crippen LogP contribution >= 0.6 is 22.9 Å². The number of benzene rings is 1. The number of carbonyl (C=O) groups is 2. The van der Waals surface area contributed by atoms with Gasteiger partial charge in [0.25, 0.3) is 11.5 Å². The van der Waals surface area contributed by atoms with Crippen LogP contribution in [0.3, 0.4) is 0 Å². The van der Waals surface area contributed by atoms with Gasteiger partial charge in [0.1, 0.15) is 11.4 Å². The number of thiophene rings is 1. The van der Waals surface area contributed by atoms with Crippen molar-refractivity contribution in [2.24, 2.45) is 0 Å². The molecule has 10 heteroatoms. The molecule has 0 atom stereocenters. The van der Waals surface area contributed by atoms with E-state index in [4.69, 9.17) is 11.6 Å². The number of piperazine rings is 1. The molecule has 8 nitrogen and oxygen atoms in total. The molecule has 1 saturated carbocycles. The van der Waals surface area contributed by atoms with Crippen LogP contribution in [0.15, 0.2) is 35.4 Å². The highest BCUT2D eigenvalue weighted by molar-refractivity contribution is 7.20. The van der Waals surface area contributed by atoms with E-state index in [1.165, 1.54) is 28.7 Å². The van der Waals surface area contributed by atoms with Crippen LogP contribution in [0.2, 0.25) is 5.02 Å². The normalized spacial score (nSPS) is 16.9. The van der Waals surface area contributed by atoms with E-state index in [9.17, 15) is 14.4 Å². The van der Waals surface area contributed by atoms with E-state index in [1.54, 1.807) is 6.92 Å². The lowest BCUT2D eigenvalue weighted by Gasteiger charge is -2.36. The van der Waals surface area contributed by atoms with Gasteiger partial charge in [-0.1, -0.05) is 30.9 Å². The predicted molar refractivity (Wildman–Crippen MR) is 143 cm³/mol. The molecule has 2 aromatic heterocycles. The summed E-state index contributed by atoms with van der Waals surface area (Å²) in [7, 11) is 0. The third kappa shape index (κ3) is 5.13. The summed E-state index contributed by atoms with van der Waals surface area (Å²) >= 11 is 7.25. The fourth-order valence-electron chi connectivity index (χ4n) is 5.11. The maximum Gasteiger partial charge on any atom is 0.264 e. The van der Waals surface area contributed by atoms with Crippen LogP contribution in [-0.2, 0) is 11.3 Å². The molecule has 3 aromatic rings. The van der Waals surface area contributed by atoms with Gasteiger partial charge in [-0.05, 0) is 49.6 Å². The Kier molecular flexibility index (Phi) is 7.29. The SMILES string of the molecule is Cc1c(C(=O)N2CCN(c3ccc(Cl)cc3)CC2)sc2ncn(CC(=O)NC3CCCCC3)c(=O)c12. The molecule has 0 radical (unpaired) electrons. The summed E-state index contributed by atoms with van der Waals surface area (Å²) in [6.45, 7) is 4.36. The van der Waals surface area contributed by atoms with E-state index >= 15 is 0 Å². The fourth-order valence-corrected chi connectivity index (χ4v) is 6.35. The zero-order chi connectivity index (χ0) is 25.2. The molecular weight excluding hydrogens is 498 g/mol. The summed E-state index contributed by atoms with van der Waals surface area (Å²) in [5.41, 5.74) is 1.45. The maximum absolute atomic E-state index is 13.4. The van der Waals surface area contributed by atoms with Gasteiger partial charge in [0, 0.05) is 42.9 Å². The summed E-state index contributed by atoms with van der Waals surface area (Å²) < 4.78 is 1.35. The van der Waals surface area contributed by atoms with E-state index in [-0.39, 0.29) is 30.0 Å². The lowest BCUT2D eigenvalue weighted by Crippen LogP contribution is -2.48. The van der Waals surface area contributed by atoms with Crippen LogP contribution in [0.5, 0.6) is 0 Å². The highest BCUT2D eigenvalue weighted by atomic mass is 35.5. The lowest BCUT2D eigenvalue weighted by atomic mass is 9.95. The van der Waals surface area contributed by atoms with Crippen molar-refractivity contribution < 1.29 is 9.59 Å². The van der Waals surface area contributed by atoms with Gasteiger partial charge in [-0.3, -0.25) is 19.0 Å². The van der Waals surface area contributed by atoms with Crippen LogP contribution in [0, 0.1) is 6.92 Å². The molecule has 0 unspecified atom stereocenters. The van der Waals surface area contributed by atoms with Crippen molar-refractivity contribution in [3.63, 3.8) is 0 Å². The molecule has 1 N–H and O–H groups in total. The van der Waals surface area contributed by atoms with Crippen molar-refractivity contribution in [2.45, 2.75) is 51.6 Å². The highest BCUT2D eigenvalue weighted by Gasteiger charge is 2.27. The minimum absolute atomic E-state index is 0.0660. The number of fused-ring (bicyclic) bond motifs is 1. The summed E-state index contributed by atoms with van der Waals surface area (Å²) in [4.78, 5) is 48.7. The van der Waals surface area contributed by atoms with Gasteiger partial charge in [-0.15, -0.1) is 11.3 Å². The number of hydrogen-bond acceptors (Lipinski definition) is 6. The first-order chi connectivity index (χ1) is 17.4. The Bertz CT molecular complexity index is 1320. The first-order valence-electron chi connectivity index (χ1n) is 12.5. The largest absolute Gasteiger partial charge is 0.368 e. The number of anilines is 1. The van der Waals surface area contributed by atoms with Gasteiger partial charge in [0.2, 0.25) is 5.91 Å². The number of halogens is 1. The van der Waals surface area contributed by atoms with Crippen LogP contribution < -0.4 is 15.8 Å². The minimum atomic E-state index is -0.279. The molecule has 3 heterocycles. The fraction of sp³-hybridized carbons (Fsp3) is 0.462. The van der Waals surface area contributed by atoms with E-state index in [0.29, 0.717) is 38.8 Å². The molecule has 5 rings (SSSR count). The van der Waals surface area contributed by atoms with Gasteiger partial charge in [-0.2, -0.15) is 0 Å². The number of amides is 2. The number of rotatable bonds is 5. The molecule has 1 aliphatic heterocycles. The standard InChI is InChI=1S/C26H30ClN5O3S/c1-17-22-24(28-16-32(25(22)34)15-21(33)29-19-5-3-2-4-6-19)36-23(17)26(35)31-13-11-30(12-14-31)20-9-7-18(27)8-10-20/h7-10,16,19H,2-6,11-15H2,1H3,(H,29,33). The number of nitrogens with zero attached hydrogens (tertiary/aromatic N) is 4. The summed E-state index contributed by atoms with van der Waals surface area (Å²) in [6.07, 6.45) is 6.85. The van der Waals surface area contributed by atoms with Crippen molar-refractivity contribution in [1.82, 2.24) is 19.8 Å². The molecule has 2 aliphatic rings. The third-order valence-electron chi connectivity index (χ3n) is 7.15. The Morgan fingerprint density at radius 1 is 1.08 bits per heavy atom. The second kappa shape index (κ2) is 10.6. The van der Waals surface area contributed by atoms with Crippen molar-refractivity contribution in [3.05, 3.63) is 56.4 Å². The van der Waals surface area contributed by atoms with Crippen LogP contribution in [0.25, 0.3) is 10.2 Å².